The van der Waals surface area contributed by atoms with Gasteiger partial charge in [-0.2, -0.15) is 9.57 Å². The van der Waals surface area contributed by atoms with E-state index in [1.807, 2.05) is 36.0 Å². The van der Waals surface area contributed by atoms with Crippen LogP contribution in [0.1, 0.15) is 30.1 Å². The third-order valence-electron chi connectivity index (χ3n) is 4.12. The highest BCUT2D eigenvalue weighted by molar-refractivity contribution is 7.89. The average molecular weight is 315 g/mol. The molecule has 1 aliphatic heterocycles. The van der Waals surface area contributed by atoms with Gasteiger partial charge >= 0.3 is 0 Å². The van der Waals surface area contributed by atoms with Crippen molar-refractivity contribution in [1.82, 2.24) is 8.87 Å². The van der Waals surface area contributed by atoms with Crippen LogP contribution in [0.2, 0.25) is 0 Å². The van der Waals surface area contributed by atoms with Gasteiger partial charge in [-0.3, -0.25) is 0 Å². The monoisotopic (exact) mass is 315 g/mol. The molecule has 2 aromatic rings. The summed E-state index contributed by atoms with van der Waals surface area (Å²) >= 11 is 0. The van der Waals surface area contributed by atoms with Crippen molar-refractivity contribution in [3.8, 4) is 6.07 Å². The Morgan fingerprint density at radius 3 is 2.68 bits per heavy atom. The number of aryl methyl sites for hydroxylation is 1. The summed E-state index contributed by atoms with van der Waals surface area (Å²) in [6.45, 7) is 0.484. The number of rotatable bonds is 3. The fourth-order valence-electron chi connectivity index (χ4n) is 3.05. The largest absolute Gasteiger partial charge is 0.353 e. The van der Waals surface area contributed by atoms with Crippen molar-refractivity contribution in [2.24, 2.45) is 7.05 Å². The van der Waals surface area contributed by atoms with Gasteiger partial charge in [0, 0.05) is 25.5 Å². The standard InChI is InChI=1S/C16H17N3O2S/c1-18-10-4-7-14(18)15-8-5-11-19(15)22(20,21)16-9-3-2-6-13(16)12-17/h2-4,6-7,9-10,15H,5,8,11H2,1H3/t15-/m0/s1. The molecular formula is C16H17N3O2S. The predicted octanol–water partition coefficient (Wildman–Crippen LogP) is 2.42. The lowest BCUT2D eigenvalue weighted by molar-refractivity contribution is 0.384. The molecule has 1 atom stereocenters. The van der Waals surface area contributed by atoms with Crippen molar-refractivity contribution < 1.29 is 8.42 Å². The first kappa shape index (κ1) is 14.8. The quantitative estimate of drug-likeness (QED) is 0.873. The summed E-state index contributed by atoms with van der Waals surface area (Å²) in [5.74, 6) is 0. The van der Waals surface area contributed by atoms with Gasteiger partial charge in [0.05, 0.1) is 16.5 Å². The summed E-state index contributed by atoms with van der Waals surface area (Å²) in [6.07, 6.45) is 3.54. The minimum absolute atomic E-state index is 0.0959. The van der Waals surface area contributed by atoms with Gasteiger partial charge in [-0.05, 0) is 37.1 Å². The summed E-state index contributed by atoms with van der Waals surface area (Å²) < 4.78 is 29.5. The topological polar surface area (TPSA) is 66.1 Å². The lowest BCUT2D eigenvalue weighted by Gasteiger charge is -2.25. The molecule has 3 rings (SSSR count). The summed E-state index contributed by atoms with van der Waals surface area (Å²) in [5.41, 5.74) is 1.18. The van der Waals surface area contributed by atoms with Crippen LogP contribution in [0.25, 0.3) is 0 Å². The Morgan fingerprint density at radius 1 is 1.23 bits per heavy atom. The van der Waals surface area contributed by atoms with E-state index < -0.39 is 10.0 Å². The second-order valence-corrected chi connectivity index (χ2v) is 7.28. The van der Waals surface area contributed by atoms with Crippen molar-refractivity contribution in [1.29, 1.82) is 5.26 Å². The molecule has 22 heavy (non-hydrogen) atoms. The zero-order valence-corrected chi connectivity index (χ0v) is 13.1. The van der Waals surface area contributed by atoms with E-state index >= 15 is 0 Å². The third kappa shape index (κ3) is 2.32. The third-order valence-corrected chi connectivity index (χ3v) is 6.09. The lowest BCUT2D eigenvalue weighted by Crippen LogP contribution is -2.32. The molecule has 114 valence electrons. The van der Waals surface area contributed by atoms with Gasteiger partial charge in [0.1, 0.15) is 6.07 Å². The van der Waals surface area contributed by atoms with Crippen LogP contribution < -0.4 is 0 Å². The van der Waals surface area contributed by atoms with Crippen molar-refractivity contribution in [3.63, 3.8) is 0 Å². The maximum absolute atomic E-state index is 13.0. The van der Waals surface area contributed by atoms with Crippen LogP contribution in [0.5, 0.6) is 0 Å². The summed E-state index contributed by atoms with van der Waals surface area (Å²) in [6, 6.07) is 12.1. The predicted molar refractivity (Wildman–Crippen MR) is 82.4 cm³/mol. The normalized spacial score (nSPS) is 19.2. The molecule has 1 aromatic heterocycles. The highest BCUT2D eigenvalue weighted by Gasteiger charge is 2.38. The highest BCUT2D eigenvalue weighted by atomic mass is 32.2. The first-order chi connectivity index (χ1) is 10.6. The summed E-state index contributed by atoms with van der Waals surface area (Å²) in [5, 5.41) is 9.18. The minimum atomic E-state index is -3.68. The zero-order valence-electron chi connectivity index (χ0n) is 12.3. The Labute approximate surface area is 130 Å². The molecule has 0 bridgehead atoms. The molecule has 0 saturated carbocycles. The molecule has 0 aliphatic carbocycles. The van der Waals surface area contributed by atoms with E-state index in [0.717, 1.165) is 18.5 Å². The Morgan fingerprint density at radius 2 is 2.00 bits per heavy atom. The molecule has 0 N–H and O–H groups in total. The molecule has 0 amide bonds. The fourth-order valence-corrected chi connectivity index (χ4v) is 4.87. The van der Waals surface area contributed by atoms with Crippen LogP contribution in [0.3, 0.4) is 0 Å². The Balaban J connectivity index is 2.05. The Kier molecular flexibility index (Phi) is 3.77. The number of nitriles is 1. The van der Waals surface area contributed by atoms with E-state index in [4.69, 9.17) is 0 Å². The number of nitrogens with zero attached hydrogens (tertiary/aromatic N) is 3. The first-order valence-corrected chi connectivity index (χ1v) is 8.62. The van der Waals surface area contributed by atoms with Gasteiger partial charge in [-0.25, -0.2) is 8.42 Å². The molecular weight excluding hydrogens is 298 g/mol. The van der Waals surface area contributed by atoms with E-state index in [-0.39, 0.29) is 16.5 Å². The smallest absolute Gasteiger partial charge is 0.245 e. The maximum atomic E-state index is 13.0. The Bertz CT molecular complexity index is 833. The van der Waals surface area contributed by atoms with Crippen LogP contribution in [-0.2, 0) is 17.1 Å². The molecule has 0 unspecified atom stereocenters. The van der Waals surface area contributed by atoms with Crippen LogP contribution in [0.4, 0.5) is 0 Å². The van der Waals surface area contributed by atoms with E-state index in [1.54, 1.807) is 18.2 Å². The van der Waals surface area contributed by atoms with E-state index in [1.165, 1.54) is 10.4 Å². The molecule has 0 spiro atoms. The summed E-state index contributed by atoms with van der Waals surface area (Å²) in [4.78, 5) is 0.0959. The van der Waals surface area contributed by atoms with Gasteiger partial charge < -0.3 is 4.57 Å². The highest BCUT2D eigenvalue weighted by Crippen LogP contribution is 2.37. The number of hydrogen-bond donors (Lipinski definition) is 0. The van der Waals surface area contributed by atoms with Gasteiger partial charge in [-0.15, -0.1) is 0 Å². The maximum Gasteiger partial charge on any atom is 0.245 e. The molecule has 1 aliphatic rings. The number of sulfonamides is 1. The zero-order chi connectivity index (χ0) is 15.7. The van der Waals surface area contributed by atoms with Crippen molar-refractivity contribution in [3.05, 3.63) is 53.9 Å². The SMILES string of the molecule is Cn1cccc1[C@@H]1CCCN1S(=O)(=O)c1ccccc1C#N. The summed E-state index contributed by atoms with van der Waals surface area (Å²) in [7, 11) is -1.76. The van der Waals surface area contributed by atoms with Crippen LogP contribution in [0, 0.1) is 11.3 Å². The van der Waals surface area contributed by atoms with E-state index in [2.05, 4.69) is 0 Å². The van der Waals surface area contributed by atoms with Crippen molar-refractivity contribution >= 4 is 10.0 Å². The van der Waals surface area contributed by atoms with Crippen molar-refractivity contribution in [2.45, 2.75) is 23.8 Å². The second-order valence-electron chi connectivity index (χ2n) is 5.43. The first-order valence-electron chi connectivity index (χ1n) is 7.18. The lowest BCUT2D eigenvalue weighted by atomic mass is 10.1. The molecule has 0 radical (unpaired) electrons. The van der Waals surface area contributed by atoms with Crippen LogP contribution >= 0.6 is 0 Å². The average Bonchev–Trinajstić information content (AvgIpc) is 3.15. The van der Waals surface area contributed by atoms with Crippen LogP contribution in [-0.4, -0.2) is 23.8 Å². The molecule has 1 saturated heterocycles. The van der Waals surface area contributed by atoms with E-state index in [0.29, 0.717) is 6.54 Å². The van der Waals surface area contributed by atoms with Gasteiger partial charge in [0.25, 0.3) is 0 Å². The molecule has 1 aromatic carbocycles. The molecule has 1 fully saturated rings. The molecule has 5 nitrogen and oxygen atoms in total. The number of aromatic nitrogens is 1. The van der Waals surface area contributed by atoms with Gasteiger partial charge in [0.15, 0.2) is 0 Å². The molecule has 6 heteroatoms. The molecule has 2 heterocycles. The van der Waals surface area contributed by atoms with E-state index in [9.17, 15) is 13.7 Å². The second kappa shape index (κ2) is 5.59. The van der Waals surface area contributed by atoms with Gasteiger partial charge in [0.2, 0.25) is 10.0 Å². The minimum Gasteiger partial charge on any atom is -0.353 e. The fraction of sp³-hybridized carbons (Fsp3) is 0.312. The Hall–Kier alpha value is -2.10. The van der Waals surface area contributed by atoms with Gasteiger partial charge in [-0.1, -0.05) is 12.1 Å². The van der Waals surface area contributed by atoms with Crippen molar-refractivity contribution in [2.75, 3.05) is 6.54 Å². The number of hydrogen-bond acceptors (Lipinski definition) is 3. The van der Waals surface area contributed by atoms with Crippen LogP contribution in [0.15, 0.2) is 47.5 Å². The number of benzene rings is 1.